The van der Waals surface area contributed by atoms with E-state index in [0.717, 1.165) is 11.3 Å². The third-order valence-corrected chi connectivity index (χ3v) is 7.50. The van der Waals surface area contributed by atoms with E-state index >= 15 is 0 Å². The van der Waals surface area contributed by atoms with Crippen molar-refractivity contribution in [2.24, 2.45) is 0 Å². The lowest BCUT2D eigenvalue weighted by Gasteiger charge is -2.41. The lowest BCUT2D eigenvalue weighted by Crippen LogP contribution is -2.53. The van der Waals surface area contributed by atoms with E-state index < -0.39 is 17.8 Å². The van der Waals surface area contributed by atoms with Gasteiger partial charge < -0.3 is 24.0 Å². The summed E-state index contributed by atoms with van der Waals surface area (Å²) in [7, 11) is 0. The van der Waals surface area contributed by atoms with Crippen molar-refractivity contribution in [3.8, 4) is 5.69 Å². The highest BCUT2D eigenvalue weighted by atomic mass is 16.6. The number of benzene rings is 2. The summed E-state index contributed by atoms with van der Waals surface area (Å²) in [6.45, 7) is 1.65. The van der Waals surface area contributed by atoms with Gasteiger partial charge in [-0.3, -0.25) is 14.2 Å². The van der Waals surface area contributed by atoms with Gasteiger partial charge in [-0.25, -0.2) is 4.98 Å². The van der Waals surface area contributed by atoms with Crippen LogP contribution < -0.4 is 5.56 Å². The summed E-state index contributed by atoms with van der Waals surface area (Å²) in [5.41, 5.74) is 1.08. The minimum Gasteiger partial charge on any atom is -0.388 e. The van der Waals surface area contributed by atoms with Crippen LogP contribution in [0.1, 0.15) is 24.5 Å². The third kappa shape index (κ3) is 4.64. The van der Waals surface area contributed by atoms with Crippen molar-refractivity contribution in [2.75, 3.05) is 26.3 Å². The van der Waals surface area contributed by atoms with Crippen LogP contribution in [0.15, 0.2) is 84.0 Å². The smallest absolute Gasteiger partial charge is 0.262 e. The van der Waals surface area contributed by atoms with Gasteiger partial charge in [0.15, 0.2) is 11.8 Å². The summed E-state index contributed by atoms with van der Waals surface area (Å²) in [4.78, 5) is 32.9. The first-order valence-electron chi connectivity index (χ1n) is 12.9. The molecule has 0 saturated carbocycles. The number of carbonyl (C=O) groups is 1. The molecular formula is C29H30N4O5. The number of aliphatic hydroxyl groups is 1. The molecular weight excluding hydrogens is 484 g/mol. The Bertz CT molecular complexity index is 1480. The molecule has 2 aromatic heterocycles. The molecule has 0 spiro atoms. The number of rotatable bonds is 5. The summed E-state index contributed by atoms with van der Waals surface area (Å²) < 4.78 is 15.1. The number of amides is 1. The molecule has 1 N–H and O–H groups in total. The maximum absolute atomic E-state index is 13.4. The van der Waals surface area contributed by atoms with E-state index in [1.165, 1.54) is 10.9 Å². The average molecular weight is 515 g/mol. The summed E-state index contributed by atoms with van der Waals surface area (Å²) in [6.07, 6.45) is 2.84. The standard InChI is InChI=1S/C29H30N4O5/c34-27-23-11-14-33(22-9-5-2-6-10-22)26(23)30-20-32(27)19-29(36)12-15-31(16-13-29)28(35)25-24(37-17-18-38-25)21-7-3-1-4-8-21/h1-11,14,20,24-25,36H,12-13,15-19H2. The molecule has 2 aromatic carbocycles. The average Bonchev–Trinajstić information content (AvgIpc) is 3.40. The van der Waals surface area contributed by atoms with Crippen LogP contribution in [-0.2, 0) is 20.8 Å². The van der Waals surface area contributed by atoms with Crippen LogP contribution in [0.4, 0.5) is 0 Å². The fourth-order valence-corrected chi connectivity index (χ4v) is 5.40. The van der Waals surface area contributed by atoms with Gasteiger partial charge in [0.1, 0.15) is 12.4 Å². The molecule has 1 amide bonds. The number of hydrogen-bond donors (Lipinski definition) is 1. The maximum atomic E-state index is 13.4. The molecule has 9 heteroatoms. The van der Waals surface area contributed by atoms with Gasteiger partial charge in [0.2, 0.25) is 0 Å². The van der Waals surface area contributed by atoms with E-state index in [4.69, 9.17) is 9.47 Å². The molecule has 0 aliphatic carbocycles. The first-order valence-corrected chi connectivity index (χ1v) is 12.9. The highest BCUT2D eigenvalue weighted by Crippen LogP contribution is 2.30. The molecule has 4 heterocycles. The zero-order valence-corrected chi connectivity index (χ0v) is 21.0. The summed E-state index contributed by atoms with van der Waals surface area (Å²) in [6, 6.07) is 21.1. The first kappa shape index (κ1) is 24.5. The Labute approximate surface area is 219 Å². The van der Waals surface area contributed by atoms with Gasteiger partial charge in [0.05, 0.1) is 30.7 Å². The second-order valence-corrected chi connectivity index (χ2v) is 9.98. The van der Waals surface area contributed by atoms with Crippen molar-refractivity contribution in [3.05, 3.63) is 95.2 Å². The fraction of sp³-hybridized carbons (Fsp3) is 0.345. The van der Waals surface area contributed by atoms with Crippen LogP contribution in [0.25, 0.3) is 16.7 Å². The van der Waals surface area contributed by atoms with Crippen LogP contribution in [0, 0.1) is 0 Å². The van der Waals surface area contributed by atoms with E-state index in [1.807, 2.05) is 71.4 Å². The highest BCUT2D eigenvalue weighted by molar-refractivity contribution is 5.82. The van der Waals surface area contributed by atoms with E-state index in [1.54, 1.807) is 11.0 Å². The monoisotopic (exact) mass is 514 g/mol. The van der Waals surface area contributed by atoms with Gasteiger partial charge in [0, 0.05) is 25.0 Å². The normalized spacial score (nSPS) is 21.4. The molecule has 2 fully saturated rings. The molecule has 6 rings (SSSR count). The summed E-state index contributed by atoms with van der Waals surface area (Å²) >= 11 is 0. The van der Waals surface area contributed by atoms with Crippen molar-refractivity contribution in [3.63, 3.8) is 0 Å². The fourth-order valence-electron chi connectivity index (χ4n) is 5.40. The molecule has 2 unspecified atom stereocenters. The Hall–Kier alpha value is -3.79. The topological polar surface area (TPSA) is 98.8 Å². The number of para-hydroxylation sites is 1. The van der Waals surface area contributed by atoms with Gasteiger partial charge in [-0.1, -0.05) is 48.5 Å². The van der Waals surface area contributed by atoms with Gasteiger partial charge in [-0.05, 0) is 36.6 Å². The van der Waals surface area contributed by atoms with Crippen molar-refractivity contribution < 1.29 is 19.4 Å². The minimum atomic E-state index is -1.12. The van der Waals surface area contributed by atoms with Gasteiger partial charge in [0.25, 0.3) is 11.5 Å². The molecule has 2 saturated heterocycles. The number of carbonyl (C=O) groups excluding carboxylic acids is 1. The molecule has 2 aliphatic heterocycles. The number of ether oxygens (including phenoxy) is 2. The minimum absolute atomic E-state index is 0.114. The summed E-state index contributed by atoms with van der Waals surface area (Å²) in [5.74, 6) is -0.136. The quantitative estimate of drug-likeness (QED) is 0.440. The predicted octanol–water partition coefficient (Wildman–Crippen LogP) is 2.70. The second-order valence-electron chi connectivity index (χ2n) is 9.98. The van der Waals surface area contributed by atoms with E-state index in [0.29, 0.717) is 50.2 Å². The van der Waals surface area contributed by atoms with Gasteiger partial charge in [-0.15, -0.1) is 0 Å². The second kappa shape index (κ2) is 10.2. The van der Waals surface area contributed by atoms with Crippen molar-refractivity contribution in [1.82, 2.24) is 19.0 Å². The number of piperidine rings is 1. The third-order valence-electron chi connectivity index (χ3n) is 7.50. The Morgan fingerprint density at radius 3 is 2.39 bits per heavy atom. The predicted molar refractivity (Wildman–Crippen MR) is 141 cm³/mol. The molecule has 4 aromatic rings. The van der Waals surface area contributed by atoms with E-state index in [-0.39, 0.29) is 18.0 Å². The van der Waals surface area contributed by atoms with Crippen molar-refractivity contribution >= 4 is 16.9 Å². The number of hydrogen-bond acceptors (Lipinski definition) is 6. The van der Waals surface area contributed by atoms with Crippen molar-refractivity contribution in [1.29, 1.82) is 0 Å². The zero-order valence-electron chi connectivity index (χ0n) is 21.0. The SMILES string of the molecule is O=C(C1OCCOC1c1ccccc1)N1CCC(O)(Cn2cnc3c(ccn3-c3ccccc3)c2=O)CC1. The van der Waals surface area contributed by atoms with Gasteiger partial charge in [-0.2, -0.15) is 0 Å². The lowest BCUT2D eigenvalue weighted by molar-refractivity contribution is -0.178. The Morgan fingerprint density at radius 2 is 1.66 bits per heavy atom. The maximum Gasteiger partial charge on any atom is 0.262 e. The van der Waals surface area contributed by atoms with Crippen molar-refractivity contribution in [2.45, 2.75) is 37.2 Å². The zero-order chi connectivity index (χ0) is 26.1. The molecule has 196 valence electrons. The highest BCUT2D eigenvalue weighted by Gasteiger charge is 2.41. The van der Waals surface area contributed by atoms with Crippen LogP contribution in [0.2, 0.25) is 0 Å². The first-order chi connectivity index (χ1) is 18.5. The number of nitrogens with zero attached hydrogens (tertiary/aromatic N) is 4. The van der Waals surface area contributed by atoms with Gasteiger partial charge >= 0.3 is 0 Å². The molecule has 9 nitrogen and oxygen atoms in total. The largest absolute Gasteiger partial charge is 0.388 e. The molecule has 2 aliphatic rings. The summed E-state index contributed by atoms with van der Waals surface area (Å²) in [5, 5.41) is 11.9. The number of likely N-dealkylation sites (tertiary alicyclic amines) is 1. The van der Waals surface area contributed by atoms with E-state index in [2.05, 4.69) is 4.98 Å². The lowest BCUT2D eigenvalue weighted by atomic mass is 9.90. The van der Waals surface area contributed by atoms with Crippen LogP contribution in [-0.4, -0.2) is 68.0 Å². The molecule has 2 atom stereocenters. The number of aromatic nitrogens is 3. The van der Waals surface area contributed by atoms with Crippen LogP contribution >= 0.6 is 0 Å². The van der Waals surface area contributed by atoms with Crippen LogP contribution in [0.3, 0.4) is 0 Å². The van der Waals surface area contributed by atoms with Crippen LogP contribution in [0.5, 0.6) is 0 Å². The molecule has 38 heavy (non-hydrogen) atoms. The Kier molecular flexibility index (Phi) is 6.57. The Balaban J connectivity index is 1.15. The molecule has 0 bridgehead atoms. The number of fused-ring (bicyclic) bond motifs is 1. The molecule has 0 radical (unpaired) electrons. The van der Waals surface area contributed by atoms with E-state index in [9.17, 15) is 14.7 Å². The Morgan fingerprint density at radius 1 is 0.974 bits per heavy atom.